The Balaban J connectivity index is 1.73. The van der Waals surface area contributed by atoms with E-state index in [0.29, 0.717) is 41.4 Å². The number of nitrogens with zero attached hydrogens (tertiary/aromatic N) is 3. The number of Topliss-reactive ketones (excluding diaryl/α,β-unsaturated/α-hetero) is 1. The van der Waals surface area contributed by atoms with Crippen LogP contribution in [0.25, 0.3) is 5.76 Å². The van der Waals surface area contributed by atoms with Crippen molar-refractivity contribution in [1.82, 2.24) is 14.5 Å². The van der Waals surface area contributed by atoms with Gasteiger partial charge in [0.1, 0.15) is 11.5 Å². The number of aromatic nitrogens is 2. The second kappa shape index (κ2) is 9.28. The van der Waals surface area contributed by atoms with Gasteiger partial charge in [-0.25, -0.2) is 4.98 Å². The lowest BCUT2D eigenvalue weighted by molar-refractivity contribution is -0.139. The molecule has 0 unspecified atom stereocenters. The number of likely N-dealkylation sites (tertiary alicyclic amines) is 1. The number of aliphatic hydroxyl groups is 1. The molecule has 1 amide bonds. The summed E-state index contributed by atoms with van der Waals surface area (Å²) in [5, 5.41) is 11.6. The summed E-state index contributed by atoms with van der Waals surface area (Å²) in [7, 11) is 1.52. The summed E-state index contributed by atoms with van der Waals surface area (Å²) in [5.74, 6) is -1.06. The third-order valence-corrected chi connectivity index (χ3v) is 5.70. The molecule has 32 heavy (non-hydrogen) atoms. The highest BCUT2D eigenvalue weighted by molar-refractivity contribution is 6.46. The lowest BCUT2D eigenvalue weighted by Crippen LogP contribution is -2.31. The molecule has 4 rings (SSSR count). The van der Waals surface area contributed by atoms with Crippen LogP contribution in [0.4, 0.5) is 0 Å². The molecule has 1 saturated heterocycles. The van der Waals surface area contributed by atoms with Crippen LogP contribution in [0.3, 0.4) is 0 Å². The Labute approximate surface area is 190 Å². The summed E-state index contributed by atoms with van der Waals surface area (Å²) in [6, 6.07) is 13.0. The second-order valence-corrected chi connectivity index (χ2v) is 7.87. The summed E-state index contributed by atoms with van der Waals surface area (Å²) in [4.78, 5) is 31.6. The standard InChI is InChI=1S/C24H22ClN3O4/c1-32-19-5-2-4-17(14-19)22(29)20-21(16-6-8-18(25)9-7-16)28(24(31)23(20)30)12-3-11-27-13-10-26-15-27/h2,4-10,13-15,21,29H,3,11-12H2,1H3/b22-20+/t21-/m0/s1. The van der Waals surface area contributed by atoms with E-state index in [1.807, 2.05) is 10.8 Å². The Hall–Kier alpha value is -3.58. The number of hydrogen-bond acceptors (Lipinski definition) is 5. The summed E-state index contributed by atoms with van der Waals surface area (Å²) in [6.45, 7) is 0.983. The molecule has 1 aliphatic rings. The van der Waals surface area contributed by atoms with Gasteiger partial charge in [-0.2, -0.15) is 0 Å². The Morgan fingerprint density at radius 3 is 2.62 bits per heavy atom. The molecular weight excluding hydrogens is 430 g/mol. The van der Waals surface area contributed by atoms with Gasteiger partial charge in [0, 0.05) is 36.1 Å². The number of imidazole rings is 1. The van der Waals surface area contributed by atoms with E-state index in [1.165, 1.54) is 12.0 Å². The molecule has 1 aromatic heterocycles. The van der Waals surface area contributed by atoms with Crippen LogP contribution in [0.2, 0.25) is 5.02 Å². The number of amides is 1. The molecule has 164 valence electrons. The molecule has 3 aromatic rings. The van der Waals surface area contributed by atoms with Gasteiger partial charge in [-0.05, 0) is 36.2 Å². The van der Waals surface area contributed by atoms with Gasteiger partial charge in [-0.1, -0.05) is 35.9 Å². The normalized spacial score (nSPS) is 17.7. The minimum absolute atomic E-state index is 0.0493. The van der Waals surface area contributed by atoms with Crippen molar-refractivity contribution >= 4 is 29.1 Å². The SMILES string of the molecule is COc1cccc(/C(O)=C2\C(=O)C(=O)N(CCCn3ccnc3)[C@H]2c2ccc(Cl)cc2)c1. The molecule has 2 heterocycles. The number of benzene rings is 2. The molecule has 2 aromatic carbocycles. The zero-order chi connectivity index (χ0) is 22.7. The fraction of sp³-hybridized carbons (Fsp3) is 0.208. The van der Waals surface area contributed by atoms with Gasteiger partial charge in [0.2, 0.25) is 0 Å². The van der Waals surface area contributed by atoms with E-state index in [9.17, 15) is 14.7 Å². The van der Waals surface area contributed by atoms with E-state index in [1.54, 1.807) is 61.1 Å². The average Bonchev–Trinajstić information content (AvgIpc) is 3.41. The molecule has 0 radical (unpaired) electrons. The van der Waals surface area contributed by atoms with Crippen LogP contribution >= 0.6 is 11.6 Å². The van der Waals surface area contributed by atoms with E-state index in [4.69, 9.17) is 16.3 Å². The highest BCUT2D eigenvalue weighted by Gasteiger charge is 2.45. The molecule has 0 saturated carbocycles. The van der Waals surface area contributed by atoms with Crippen LogP contribution in [-0.4, -0.2) is 44.9 Å². The number of aliphatic hydroxyl groups excluding tert-OH is 1. The Bertz CT molecular complexity index is 1160. The van der Waals surface area contributed by atoms with E-state index in [-0.39, 0.29) is 11.3 Å². The molecule has 1 fully saturated rings. The minimum atomic E-state index is -0.721. The number of ether oxygens (including phenoxy) is 1. The number of ketones is 1. The van der Waals surface area contributed by atoms with Gasteiger partial charge >= 0.3 is 0 Å². The molecule has 8 heteroatoms. The Kier molecular flexibility index (Phi) is 6.28. The van der Waals surface area contributed by atoms with Gasteiger partial charge in [0.15, 0.2) is 0 Å². The van der Waals surface area contributed by atoms with Gasteiger partial charge in [0.25, 0.3) is 11.7 Å². The summed E-state index contributed by atoms with van der Waals surface area (Å²) in [5.41, 5.74) is 1.15. The van der Waals surface area contributed by atoms with Crippen molar-refractivity contribution < 1.29 is 19.4 Å². The number of methoxy groups -OCH3 is 1. The van der Waals surface area contributed by atoms with E-state index in [2.05, 4.69) is 4.98 Å². The average molecular weight is 452 g/mol. The summed E-state index contributed by atoms with van der Waals surface area (Å²) in [6.07, 6.45) is 5.85. The van der Waals surface area contributed by atoms with E-state index in [0.717, 1.165) is 0 Å². The minimum Gasteiger partial charge on any atom is -0.507 e. The molecule has 1 N–H and O–H groups in total. The first-order chi connectivity index (χ1) is 15.5. The molecular formula is C24H22ClN3O4. The molecule has 0 aliphatic carbocycles. The van der Waals surface area contributed by atoms with Gasteiger partial charge in [0.05, 0.1) is 25.1 Å². The summed E-state index contributed by atoms with van der Waals surface area (Å²) < 4.78 is 7.14. The predicted octanol–water partition coefficient (Wildman–Crippen LogP) is 4.06. The van der Waals surface area contributed by atoms with Crippen LogP contribution in [-0.2, 0) is 16.1 Å². The largest absolute Gasteiger partial charge is 0.507 e. The maximum Gasteiger partial charge on any atom is 0.295 e. The smallest absolute Gasteiger partial charge is 0.295 e. The molecule has 1 atom stereocenters. The lowest BCUT2D eigenvalue weighted by atomic mass is 9.95. The van der Waals surface area contributed by atoms with Crippen LogP contribution in [0, 0.1) is 0 Å². The molecule has 0 spiro atoms. The predicted molar refractivity (Wildman–Crippen MR) is 120 cm³/mol. The highest BCUT2D eigenvalue weighted by Crippen LogP contribution is 2.40. The van der Waals surface area contributed by atoms with Crippen molar-refractivity contribution in [1.29, 1.82) is 0 Å². The number of carbonyl (C=O) groups excluding carboxylic acids is 2. The number of carbonyl (C=O) groups is 2. The fourth-order valence-corrected chi connectivity index (χ4v) is 4.00. The number of aryl methyl sites for hydroxylation is 1. The Morgan fingerprint density at radius 2 is 1.94 bits per heavy atom. The highest BCUT2D eigenvalue weighted by atomic mass is 35.5. The van der Waals surface area contributed by atoms with Crippen LogP contribution in [0.1, 0.15) is 23.6 Å². The third-order valence-electron chi connectivity index (χ3n) is 5.44. The zero-order valence-corrected chi connectivity index (χ0v) is 18.2. The molecule has 7 nitrogen and oxygen atoms in total. The molecule has 1 aliphatic heterocycles. The zero-order valence-electron chi connectivity index (χ0n) is 17.4. The van der Waals surface area contributed by atoms with Crippen LogP contribution in [0.5, 0.6) is 5.75 Å². The summed E-state index contributed by atoms with van der Waals surface area (Å²) >= 11 is 6.05. The number of rotatable bonds is 7. The van der Waals surface area contributed by atoms with Crippen molar-refractivity contribution in [2.45, 2.75) is 19.0 Å². The van der Waals surface area contributed by atoms with Gasteiger partial charge < -0.3 is 19.3 Å². The van der Waals surface area contributed by atoms with Crippen LogP contribution < -0.4 is 4.74 Å². The van der Waals surface area contributed by atoms with Gasteiger partial charge in [-0.3, -0.25) is 9.59 Å². The molecule has 0 bridgehead atoms. The van der Waals surface area contributed by atoms with Crippen LogP contribution in [0.15, 0.2) is 72.8 Å². The first-order valence-corrected chi connectivity index (χ1v) is 10.5. The number of halogens is 1. The maximum absolute atomic E-state index is 13.0. The Morgan fingerprint density at radius 1 is 1.16 bits per heavy atom. The fourth-order valence-electron chi connectivity index (χ4n) is 3.87. The number of hydrogen-bond donors (Lipinski definition) is 1. The maximum atomic E-state index is 13.0. The second-order valence-electron chi connectivity index (χ2n) is 7.43. The van der Waals surface area contributed by atoms with Crippen molar-refractivity contribution in [3.05, 3.63) is 89.0 Å². The quantitative estimate of drug-likeness (QED) is 0.332. The van der Waals surface area contributed by atoms with Crippen molar-refractivity contribution in [2.75, 3.05) is 13.7 Å². The monoisotopic (exact) mass is 451 g/mol. The van der Waals surface area contributed by atoms with Crippen molar-refractivity contribution in [3.63, 3.8) is 0 Å². The van der Waals surface area contributed by atoms with E-state index < -0.39 is 17.7 Å². The topological polar surface area (TPSA) is 84.7 Å². The van der Waals surface area contributed by atoms with Crippen molar-refractivity contribution in [2.24, 2.45) is 0 Å². The first kappa shape index (κ1) is 21.6. The van der Waals surface area contributed by atoms with E-state index >= 15 is 0 Å². The van der Waals surface area contributed by atoms with Gasteiger partial charge in [-0.15, -0.1) is 0 Å². The lowest BCUT2D eigenvalue weighted by Gasteiger charge is -2.25. The first-order valence-electron chi connectivity index (χ1n) is 10.1. The third kappa shape index (κ3) is 4.24. The van der Waals surface area contributed by atoms with Crippen molar-refractivity contribution in [3.8, 4) is 5.75 Å².